The molecular formula is C25H20ClN3. The van der Waals surface area contributed by atoms with Crippen molar-refractivity contribution in [3.63, 3.8) is 0 Å². The van der Waals surface area contributed by atoms with E-state index in [1.807, 2.05) is 60.7 Å². The molecule has 4 aromatic carbocycles. The molecule has 4 aromatic rings. The van der Waals surface area contributed by atoms with Gasteiger partial charge >= 0.3 is 0 Å². The van der Waals surface area contributed by atoms with Crippen LogP contribution in [0, 0.1) is 0 Å². The third-order valence-corrected chi connectivity index (χ3v) is 4.65. The highest BCUT2D eigenvalue weighted by Crippen LogP contribution is 2.33. The molecule has 0 aliphatic carbocycles. The minimum absolute atomic E-state index is 0.677. The fraction of sp³-hybridized carbons (Fsp3) is 0. The van der Waals surface area contributed by atoms with Crippen LogP contribution in [0.4, 0.5) is 22.7 Å². The molecule has 0 spiro atoms. The van der Waals surface area contributed by atoms with Gasteiger partial charge in [0.05, 0.1) is 11.9 Å². The van der Waals surface area contributed by atoms with Crippen molar-refractivity contribution in [3.8, 4) is 0 Å². The summed E-state index contributed by atoms with van der Waals surface area (Å²) in [7, 11) is 0. The lowest BCUT2D eigenvalue weighted by atomic mass is 10.1. The Kier molecular flexibility index (Phi) is 5.89. The number of hydrogen-bond donors (Lipinski definition) is 1. The number of nitrogens with one attached hydrogen (secondary N) is 1. The van der Waals surface area contributed by atoms with E-state index in [1.165, 1.54) is 0 Å². The minimum atomic E-state index is 0.677. The number of nitrogens with zero attached hydrogens (tertiary/aromatic N) is 2. The summed E-state index contributed by atoms with van der Waals surface area (Å²) in [5.41, 5.74) is 8.17. The summed E-state index contributed by atoms with van der Waals surface area (Å²) in [4.78, 5) is 2.23. The Balaban J connectivity index is 1.55. The SMILES string of the molecule is Clc1cccc(N/N=C/c2ccc(N(c3ccccc3)c3ccccc3)cc2)c1. The van der Waals surface area contributed by atoms with Crippen LogP contribution in [0.1, 0.15) is 5.56 Å². The fourth-order valence-electron chi connectivity index (χ4n) is 3.05. The fourth-order valence-corrected chi connectivity index (χ4v) is 3.24. The van der Waals surface area contributed by atoms with Gasteiger partial charge in [-0.2, -0.15) is 5.10 Å². The lowest BCUT2D eigenvalue weighted by Gasteiger charge is -2.25. The van der Waals surface area contributed by atoms with Crippen molar-refractivity contribution in [3.05, 3.63) is 120 Å². The third-order valence-electron chi connectivity index (χ3n) is 4.41. The van der Waals surface area contributed by atoms with Gasteiger partial charge in [0.2, 0.25) is 0 Å². The number of para-hydroxylation sites is 2. The highest BCUT2D eigenvalue weighted by molar-refractivity contribution is 6.30. The lowest BCUT2D eigenvalue weighted by molar-refractivity contribution is 1.28. The molecule has 29 heavy (non-hydrogen) atoms. The van der Waals surface area contributed by atoms with Crippen LogP contribution in [-0.2, 0) is 0 Å². The molecule has 0 aliphatic rings. The average molecular weight is 398 g/mol. The minimum Gasteiger partial charge on any atom is -0.311 e. The highest BCUT2D eigenvalue weighted by atomic mass is 35.5. The van der Waals surface area contributed by atoms with Crippen LogP contribution in [0.25, 0.3) is 0 Å². The molecule has 3 nitrogen and oxygen atoms in total. The van der Waals surface area contributed by atoms with Gasteiger partial charge in [0.1, 0.15) is 0 Å². The van der Waals surface area contributed by atoms with Gasteiger partial charge in [0, 0.05) is 22.1 Å². The second kappa shape index (κ2) is 9.09. The summed E-state index contributed by atoms with van der Waals surface area (Å²) in [5.74, 6) is 0. The van der Waals surface area contributed by atoms with Crippen molar-refractivity contribution in [1.82, 2.24) is 0 Å². The number of hydrogen-bond acceptors (Lipinski definition) is 3. The van der Waals surface area contributed by atoms with Crippen molar-refractivity contribution in [2.24, 2.45) is 5.10 Å². The van der Waals surface area contributed by atoms with Gasteiger partial charge in [-0.25, -0.2) is 0 Å². The summed E-state index contributed by atoms with van der Waals surface area (Å²) in [6.45, 7) is 0. The number of hydrazone groups is 1. The maximum absolute atomic E-state index is 5.99. The Morgan fingerprint density at radius 1 is 0.655 bits per heavy atom. The molecule has 0 aliphatic heterocycles. The number of benzene rings is 4. The van der Waals surface area contributed by atoms with Gasteiger partial charge in [-0.15, -0.1) is 0 Å². The molecule has 0 unspecified atom stereocenters. The molecule has 4 heteroatoms. The summed E-state index contributed by atoms with van der Waals surface area (Å²) in [5, 5.41) is 4.97. The van der Waals surface area contributed by atoms with E-state index in [4.69, 9.17) is 11.6 Å². The predicted molar refractivity (Wildman–Crippen MR) is 124 cm³/mol. The third kappa shape index (κ3) is 4.84. The van der Waals surface area contributed by atoms with E-state index < -0.39 is 0 Å². The Morgan fingerprint density at radius 3 is 1.83 bits per heavy atom. The van der Waals surface area contributed by atoms with E-state index in [-0.39, 0.29) is 0 Å². The maximum atomic E-state index is 5.99. The first-order valence-electron chi connectivity index (χ1n) is 9.34. The van der Waals surface area contributed by atoms with Crippen molar-refractivity contribution < 1.29 is 0 Å². The zero-order valence-electron chi connectivity index (χ0n) is 15.7. The molecule has 142 valence electrons. The Hall–Kier alpha value is -3.56. The maximum Gasteiger partial charge on any atom is 0.0576 e. The van der Waals surface area contributed by atoms with E-state index in [2.05, 4.69) is 64.0 Å². The normalized spacial score (nSPS) is 10.8. The van der Waals surface area contributed by atoms with Crippen molar-refractivity contribution in [2.45, 2.75) is 0 Å². The van der Waals surface area contributed by atoms with E-state index in [9.17, 15) is 0 Å². The molecular weight excluding hydrogens is 378 g/mol. The second-order valence-electron chi connectivity index (χ2n) is 6.48. The van der Waals surface area contributed by atoms with Crippen LogP contribution in [0.2, 0.25) is 5.02 Å². The number of rotatable bonds is 6. The summed E-state index contributed by atoms with van der Waals surface area (Å²) in [6.07, 6.45) is 1.79. The van der Waals surface area contributed by atoms with E-state index in [0.717, 1.165) is 28.3 Å². The zero-order chi connectivity index (χ0) is 19.9. The number of halogens is 1. The summed E-state index contributed by atoms with van der Waals surface area (Å²) in [6, 6.07) is 36.5. The van der Waals surface area contributed by atoms with Crippen LogP contribution in [0.15, 0.2) is 114 Å². The van der Waals surface area contributed by atoms with E-state index in [0.29, 0.717) is 5.02 Å². The van der Waals surface area contributed by atoms with Crippen molar-refractivity contribution >= 4 is 40.6 Å². The lowest BCUT2D eigenvalue weighted by Crippen LogP contribution is -2.09. The smallest absolute Gasteiger partial charge is 0.0576 e. The predicted octanol–water partition coefficient (Wildman–Crippen LogP) is 7.26. The largest absolute Gasteiger partial charge is 0.311 e. The summed E-state index contributed by atoms with van der Waals surface area (Å²) < 4.78 is 0. The molecule has 0 heterocycles. The molecule has 4 rings (SSSR count). The van der Waals surface area contributed by atoms with Crippen molar-refractivity contribution in [1.29, 1.82) is 0 Å². The van der Waals surface area contributed by atoms with Crippen molar-refractivity contribution in [2.75, 3.05) is 10.3 Å². The van der Waals surface area contributed by atoms with Gasteiger partial charge in [0.25, 0.3) is 0 Å². The molecule has 0 amide bonds. The average Bonchev–Trinajstić information content (AvgIpc) is 2.77. The molecule has 0 atom stereocenters. The van der Waals surface area contributed by atoms with Gasteiger partial charge in [0.15, 0.2) is 0 Å². The molecule has 0 bridgehead atoms. The first kappa shape index (κ1) is 18.8. The molecule has 0 fully saturated rings. The first-order chi connectivity index (χ1) is 14.3. The number of anilines is 4. The van der Waals surface area contributed by atoms with Crippen LogP contribution in [-0.4, -0.2) is 6.21 Å². The Labute approximate surface area is 175 Å². The van der Waals surface area contributed by atoms with E-state index >= 15 is 0 Å². The van der Waals surface area contributed by atoms with Gasteiger partial charge in [-0.3, -0.25) is 5.43 Å². The van der Waals surface area contributed by atoms with Crippen LogP contribution in [0.5, 0.6) is 0 Å². The second-order valence-corrected chi connectivity index (χ2v) is 6.91. The summed E-state index contributed by atoms with van der Waals surface area (Å²) >= 11 is 5.99. The van der Waals surface area contributed by atoms with Crippen LogP contribution in [0.3, 0.4) is 0 Å². The Bertz CT molecular complexity index is 1040. The van der Waals surface area contributed by atoms with Gasteiger partial charge in [-0.05, 0) is 60.2 Å². The Morgan fingerprint density at radius 2 is 1.24 bits per heavy atom. The zero-order valence-corrected chi connectivity index (χ0v) is 16.5. The topological polar surface area (TPSA) is 27.6 Å². The van der Waals surface area contributed by atoms with Gasteiger partial charge in [-0.1, -0.05) is 66.2 Å². The quantitative estimate of drug-likeness (QED) is 0.274. The van der Waals surface area contributed by atoms with Crippen LogP contribution >= 0.6 is 11.6 Å². The molecule has 0 saturated carbocycles. The van der Waals surface area contributed by atoms with Crippen LogP contribution < -0.4 is 10.3 Å². The standard InChI is InChI=1S/C25H20ClN3/c26-21-8-7-9-22(18-21)28-27-19-20-14-16-25(17-15-20)29(23-10-3-1-4-11-23)24-12-5-2-6-13-24/h1-19,28H/b27-19+. The highest BCUT2D eigenvalue weighted by Gasteiger charge is 2.11. The molecule has 0 aromatic heterocycles. The van der Waals surface area contributed by atoms with Gasteiger partial charge < -0.3 is 4.90 Å². The first-order valence-corrected chi connectivity index (χ1v) is 9.72. The monoisotopic (exact) mass is 397 g/mol. The van der Waals surface area contributed by atoms with E-state index in [1.54, 1.807) is 6.21 Å². The molecule has 0 radical (unpaired) electrons. The molecule has 1 N–H and O–H groups in total. The molecule has 0 saturated heterocycles.